The summed E-state index contributed by atoms with van der Waals surface area (Å²) in [5, 5.41) is 16.1. The molecule has 1 aromatic heterocycles. The third-order valence-corrected chi connectivity index (χ3v) is 11.9. The van der Waals surface area contributed by atoms with Crippen molar-refractivity contribution < 1.29 is 0 Å². The normalized spacial score (nSPS) is 12.0. The van der Waals surface area contributed by atoms with Crippen molar-refractivity contribution in [3.63, 3.8) is 0 Å². The third-order valence-electron chi connectivity index (χ3n) is 9.60. The molecule has 0 aliphatic rings. The molecule has 0 saturated heterocycles. The van der Waals surface area contributed by atoms with E-state index in [1.165, 1.54) is 95.4 Å². The molecule has 45 heavy (non-hydrogen) atoms. The summed E-state index contributed by atoms with van der Waals surface area (Å²) in [6, 6.07) is 58.8. The minimum absolute atomic E-state index is 0.303. The molecule has 0 aliphatic carbocycles. The zero-order valence-corrected chi connectivity index (χ0v) is 26.1. The first kappa shape index (κ1) is 25.2. The summed E-state index contributed by atoms with van der Waals surface area (Å²) in [6.45, 7) is 0. The molecule has 0 unspecified atom stereocenters. The van der Waals surface area contributed by atoms with Crippen LogP contribution in [-0.4, -0.2) is 14.5 Å². The Labute approximate surface area is 266 Å². The second-order valence-electron chi connectivity index (χ2n) is 12.1. The quantitative estimate of drug-likeness (QED) is 0.131. The van der Waals surface area contributed by atoms with E-state index in [0.29, 0.717) is 14.5 Å². The van der Waals surface area contributed by atoms with E-state index in [-0.39, 0.29) is 0 Å². The van der Waals surface area contributed by atoms with Crippen molar-refractivity contribution in [3.05, 3.63) is 158 Å². The number of benzene rings is 9. The van der Waals surface area contributed by atoms with E-state index in [9.17, 15) is 0 Å². The van der Waals surface area contributed by atoms with E-state index < -0.39 is 0 Å². The first-order valence-corrected chi connectivity index (χ1v) is 17.2. The van der Waals surface area contributed by atoms with Crippen LogP contribution >= 0.6 is 0 Å². The van der Waals surface area contributed by atoms with Crippen LogP contribution in [-0.2, 0) is 0 Å². The maximum atomic E-state index is 2.43. The molecule has 0 fully saturated rings. The Morgan fingerprint density at radius 1 is 0.289 bits per heavy atom. The second kappa shape index (κ2) is 9.65. The van der Waals surface area contributed by atoms with Crippen LogP contribution in [0.1, 0.15) is 0 Å². The van der Waals surface area contributed by atoms with E-state index in [1.807, 2.05) is 0 Å². The first-order valence-electron chi connectivity index (χ1n) is 15.5. The molecule has 0 saturated carbocycles. The summed E-state index contributed by atoms with van der Waals surface area (Å²) in [5.41, 5.74) is 5.01. The number of hydrogen-bond acceptors (Lipinski definition) is 0. The smallest absolute Gasteiger partial charge is 0.0616 e. The Morgan fingerprint density at radius 2 is 0.911 bits per heavy atom. The molecule has 208 valence electrons. The predicted molar refractivity (Wildman–Crippen MR) is 197 cm³/mol. The third kappa shape index (κ3) is 3.79. The zero-order chi connectivity index (χ0) is 29.5. The van der Waals surface area contributed by atoms with Gasteiger partial charge in [0, 0.05) is 0 Å². The van der Waals surface area contributed by atoms with E-state index in [1.54, 1.807) is 0 Å². The fourth-order valence-corrected chi connectivity index (χ4v) is 9.92. The van der Waals surface area contributed by atoms with Crippen molar-refractivity contribution in [2.24, 2.45) is 0 Å². The summed E-state index contributed by atoms with van der Waals surface area (Å²) in [7, 11) is 0. The van der Waals surface area contributed by atoms with Gasteiger partial charge in [0.2, 0.25) is 0 Å². The van der Waals surface area contributed by atoms with Gasteiger partial charge in [0.25, 0.3) is 0 Å². The van der Waals surface area contributed by atoms with Crippen molar-refractivity contribution in [1.82, 2.24) is 0 Å². The van der Waals surface area contributed by atoms with E-state index in [2.05, 4.69) is 158 Å². The van der Waals surface area contributed by atoms with Crippen molar-refractivity contribution >= 4 is 87.7 Å². The van der Waals surface area contributed by atoms with E-state index in [0.717, 1.165) is 0 Å². The zero-order valence-electron chi connectivity index (χ0n) is 24.4. The molecule has 0 bridgehead atoms. The average Bonchev–Trinajstić information content (AvgIpc) is 3.47. The minimum atomic E-state index is 0.303. The average molecular weight is 634 g/mol. The molecule has 10 rings (SSSR count). The maximum absolute atomic E-state index is 2.43. The van der Waals surface area contributed by atoms with Gasteiger partial charge in [-0.05, 0) is 10.8 Å². The van der Waals surface area contributed by atoms with Crippen molar-refractivity contribution in [2.75, 3.05) is 0 Å². The standard InChI is InChI=1S/C44H26Se/c1-2-11-30-26-42-40(25-29(30)10-1)44-41(45-42)22-21-38-36-20-19-31(24-39(36)35-16-5-6-17-37(35)43(38)44)28-13-7-14-32(23-28)34-18-8-12-27-9-3-4-15-33(27)34/h1-26H. The molecule has 10 aromatic rings. The monoisotopic (exact) mass is 634 g/mol. The van der Waals surface area contributed by atoms with Crippen molar-refractivity contribution in [2.45, 2.75) is 0 Å². The molecule has 0 nitrogen and oxygen atoms in total. The Bertz CT molecular complexity index is 2790. The Morgan fingerprint density at radius 3 is 1.80 bits per heavy atom. The number of hydrogen-bond donors (Lipinski definition) is 0. The summed E-state index contributed by atoms with van der Waals surface area (Å²) >= 11 is 0.303. The molecule has 0 atom stereocenters. The molecular weight excluding hydrogens is 607 g/mol. The molecule has 9 aromatic carbocycles. The van der Waals surface area contributed by atoms with E-state index >= 15 is 0 Å². The molecule has 0 aliphatic heterocycles. The van der Waals surface area contributed by atoms with Crippen molar-refractivity contribution in [3.8, 4) is 22.3 Å². The van der Waals surface area contributed by atoms with Gasteiger partial charge >= 0.3 is 214 Å². The molecule has 0 radical (unpaired) electrons. The Kier molecular flexibility index (Phi) is 5.39. The fourth-order valence-electron chi connectivity index (χ4n) is 7.52. The van der Waals surface area contributed by atoms with Gasteiger partial charge in [-0.1, -0.05) is 42.5 Å². The summed E-state index contributed by atoms with van der Waals surface area (Å²) in [5.74, 6) is 0. The predicted octanol–water partition coefficient (Wildman–Crippen LogP) is 12.1. The summed E-state index contributed by atoms with van der Waals surface area (Å²) < 4.78 is 2.99. The molecule has 1 heterocycles. The summed E-state index contributed by atoms with van der Waals surface area (Å²) in [6.07, 6.45) is 0. The van der Waals surface area contributed by atoms with Gasteiger partial charge in [-0.15, -0.1) is 0 Å². The van der Waals surface area contributed by atoms with Gasteiger partial charge < -0.3 is 0 Å². The molecule has 0 N–H and O–H groups in total. The first-order chi connectivity index (χ1) is 22.3. The van der Waals surface area contributed by atoms with Crippen LogP contribution in [0.25, 0.3) is 95.4 Å². The molecular formula is C44H26Se. The Hall–Kier alpha value is -5.20. The van der Waals surface area contributed by atoms with Crippen LogP contribution in [0.5, 0.6) is 0 Å². The van der Waals surface area contributed by atoms with Crippen LogP contribution in [0.2, 0.25) is 0 Å². The van der Waals surface area contributed by atoms with Crippen LogP contribution in [0.15, 0.2) is 158 Å². The van der Waals surface area contributed by atoms with Gasteiger partial charge in [-0.3, -0.25) is 0 Å². The van der Waals surface area contributed by atoms with Gasteiger partial charge in [0.1, 0.15) is 0 Å². The molecule has 1 heteroatoms. The molecule has 0 amide bonds. The second-order valence-corrected chi connectivity index (χ2v) is 14.3. The number of fused-ring (bicyclic) bond motifs is 12. The summed E-state index contributed by atoms with van der Waals surface area (Å²) in [4.78, 5) is 0. The van der Waals surface area contributed by atoms with Gasteiger partial charge in [0.15, 0.2) is 0 Å². The Balaban J connectivity index is 1.23. The SMILES string of the molecule is c1cc(-c2ccc3c(c2)c2ccccc2c2c3ccc3[se]c4cc5ccccc5cc4c32)cc(-c2cccc3ccccc23)c1. The van der Waals surface area contributed by atoms with Gasteiger partial charge in [-0.25, -0.2) is 0 Å². The van der Waals surface area contributed by atoms with Crippen LogP contribution in [0.4, 0.5) is 0 Å². The minimum Gasteiger partial charge on any atom is -0.0616 e. The topological polar surface area (TPSA) is 0 Å². The van der Waals surface area contributed by atoms with Gasteiger partial charge in [0.05, 0.1) is 0 Å². The van der Waals surface area contributed by atoms with Crippen LogP contribution in [0.3, 0.4) is 0 Å². The fraction of sp³-hybridized carbons (Fsp3) is 0. The molecule has 0 spiro atoms. The van der Waals surface area contributed by atoms with Crippen molar-refractivity contribution in [1.29, 1.82) is 0 Å². The van der Waals surface area contributed by atoms with E-state index in [4.69, 9.17) is 0 Å². The number of rotatable bonds is 2. The van der Waals surface area contributed by atoms with Crippen LogP contribution in [0, 0.1) is 0 Å². The van der Waals surface area contributed by atoms with Gasteiger partial charge in [-0.2, -0.15) is 0 Å². The van der Waals surface area contributed by atoms with Crippen LogP contribution < -0.4 is 0 Å².